The highest BCUT2D eigenvalue weighted by atomic mass is 15.2. The second kappa shape index (κ2) is 5.50. The lowest BCUT2D eigenvalue weighted by Crippen LogP contribution is -2.42. The molecule has 0 amide bonds. The second-order valence-electron chi connectivity index (χ2n) is 5.61. The van der Waals surface area contributed by atoms with Crippen LogP contribution in [0.1, 0.15) is 46.5 Å². The minimum absolute atomic E-state index is 0.848. The van der Waals surface area contributed by atoms with Crippen LogP contribution in [0.25, 0.3) is 0 Å². The molecule has 2 heterocycles. The highest BCUT2D eigenvalue weighted by Crippen LogP contribution is 2.36. The van der Waals surface area contributed by atoms with E-state index in [-0.39, 0.29) is 0 Å². The molecule has 2 aliphatic rings. The van der Waals surface area contributed by atoms with Gasteiger partial charge in [0.15, 0.2) is 0 Å². The second-order valence-corrected chi connectivity index (χ2v) is 5.61. The molecule has 2 aliphatic heterocycles. The summed E-state index contributed by atoms with van der Waals surface area (Å²) in [7, 11) is 0. The van der Waals surface area contributed by atoms with Crippen molar-refractivity contribution < 1.29 is 0 Å². The van der Waals surface area contributed by atoms with Crippen LogP contribution in [0.5, 0.6) is 0 Å². The summed E-state index contributed by atoms with van der Waals surface area (Å²) in [6.45, 7) is 10.9. The number of likely N-dealkylation sites (tertiary alicyclic amines) is 1. The third kappa shape index (κ3) is 2.14. The zero-order valence-electron chi connectivity index (χ0n) is 11.2. The number of nitrogens with zero attached hydrogens (tertiary/aromatic N) is 1. The van der Waals surface area contributed by atoms with Gasteiger partial charge in [0.2, 0.25) is 0 Å². The summed E-state index contributed by atoms with van der Waals surface area (Å²) >= 11 is 0. The van der Waals surface area contributed by atoms with Crippen molar-refractivity contribution in [3.05, 3.63) is 0 Å². The molecule has 0 radical (unpaired) electrons. The summed E-state index contributed by atoms with van der Waals surface area (Å²) in [5.41, 5.74) is 0. The molecule has 2 heteroatoms. The Kier molecular flexibility index (Phi) is 4.26. The third-order valence-electron chi connectivity index (χ3n) is 4.74. The van der Waals surface area contributed by atoms with Crippen molar-refractivity contribution in [2.24, 2.45) is 11.8 Å². The molecule has 0 aromatic carbocycles. The van der Waals surface area contributed by atoms with Gasteiger partial charge in [-0.05, 0) is 44.2 Å². The predicted molar refractivity (Wildman–Crippen MR) is 69.6 cm³/mol. The lowest BCUT2D eigenvalue weighted by molar-refractivity contribution is 0.142. The fourth-order valence-electron chi connectivity index (χ4n) is 3.95. The van der Waals surface area contributed by atoms with Crippen molar-refractivity contribution in [2.75, 3.05) is 19.6 Å². The van der Waals surface area contributed by atoms with E-state index in [2.05, 4.69) is 31.0 Å². The van der Waals surface area contributed by atoms with E-state index in [1.165, 1.54) is 45.3 Å². The van der Waals surface area contributed by atoms with Crippen molar-refractivity contribution >= 4 is 0 Å². The Morgan fingerprint density at radius 2 is 2.06 bits per heavy atom. The summed E-state index contributed by atoms with van der Waals surface area (Å²) in [6.07, 6.45) is 5.39. The Hall–Kier alpha value is -0.0800. The van der Waals surface area contributed by atoms with Gasteiger partial charge in [0, 0.05) is 18.6 Å². The molecule has 16 heavy (non-hydrogen) atoms. The zero-order valence-corrected chi connectivity index (χ0v) is 11.2. The average Bonchev–Trinajstić information content (AvgIpc) is 2.85. The normalized spacial score (nSPS) is 36.6. The molecule has 2 saturated heterocycles. The Balaban J connectivity index is 2.03. The van der Waals surface area contributed by atoms with E-state index in [0.717, 1.165) is 23.9 Å². The third-order valence-corrected chi connectivity index (χ3v) is 4.74. The van der Waals surface area contributed by atoms with Gasteiger partial charge in [0.05, 0.1) is 0 Å². The van der Waals surface area contributed by atoms with Gasteiger partial charge in [0.25, 0.3) is 0 Å². The molecule has 0 aromatic heterocycles. The SMILES string of the molecule is CCCC(CC)N1CC2CNCC2C1CC. The summed E-state index contributed by atoms with van der Waals surface area (Å²) in [4.78, 5) is 2.85. The van der Waals surface area contributed by atoms with Crippen LogP contribution in [0.15, 0.2) is 0 Å². The number of hydrogen-bond acceptors (Lipinski definition) is 2. The van der Waals surface area contributed by atoms with Gasteiger partial charge in [-0.3, -0.25) is 4.90 Å². The lowest BCUT2D eigenvalue weighted by Gasteiger charge is -2.34. The summed E-state index contributed by atoms with van der Waals surface area (Å²) < 4.78 is 0. The monoisotopic (exact) mass is 224 g/mol. The van der Waals surface area contributed by atoms with Gasteiger partial charge >= 0.3 is 0 Å². The van der Waals surface area contributed by atoms with Crippen LogP contribution in [-0.4, -0.2) is 36.6 Å². The molecule has 4 atom stereocenters. The van der Waals surface area contributed by atoms with Crippen LogP contribution in [-0.2, 0) is 0 Å². The van der Waals surface area contributed by atoms with Crippen molar-refractivity contribution in [1.29, 1.82) is 0 Å². The number of hydrogen-bond donors (Lipinski definition) is 1. The first-order valence-electron chi connectivity index (χ1n) is 7.28. The maximum absolute atomic E-state index is 3.57. The zero-order chi connectivity index (χ0) is 11.5. The van der Waals surface area contributed by atoms with Gasteiger partial charge in [-0.2, -0.15) is 0 Å². The Bertz CT molecular complexity index is 217. The number of rotatable bonds is 5. The molecule has 0 bridgehead atoms. The Morgan fingerprint density at radius 3 is 2.69 bits per heavy atom. The first kappa shape index (κ1) is 12.4. The lowest BCUT2D eigenvalue weighted by atomic mass is 9.92. The fraction of sp³-hybridized carbons (Fsp3) is 1.00. The molecule has 2 fully saturated rings. The largest absolute Gasteiger partial charge is 0.316 e. The van der Waals surface area contributed by atoms with Crippen molar-refractivity contribution in [3.8, 4) is 0 Å². The number of nitrogens with one attached hydrogen (secondary N) is 1. The summed E-state index contributed by atoms with van der Waals surface area (Å²) in [6, 6.07) is 1.71. The minimum Gasteiger partial charge on any atom is -0.316 e. The first-order valence-corrected chi connectivity index (χ1v) is 7.28. The van der Waals surface area contributed by atoms with Gasteiger partial charge < -0.3 is 5.32 Å². The van der Waals surface area contributed by atoms with Crippen LogP contribution in [0.2, 0.25) is 0 Å². The smallest absolute Gasteiger partial charge is 0.0140 e. The molecule has 94 valence electrons. The highest BCUT2D eigenvalue weighted by Gasteiger charge is 2.44. The number of fused-ring (bicyclic) bond motifs is 1. The van der Waals surface area contributed by atoms with Crippen LogP contribution in [0.4, 0.5) is 0 Å². The van der Waals surface area contributed by atoms with Gasteiger partial charge in [-0.25, -0.2) is 0 Å². The molecule has 0 aliphatic carbocycles. The molecule has 2 rings (SSSR count). The van der Waals surface area contributed by atoms with Gasteiger partial charge in [-0.15, -0.1) is 0 Å². The van der Waals surface area contributed by atoms with Crippen molar-refractivity contribution in [2.45, 2.75) is 58.5 Å². The molecule has 2 nitrogen and oxygen atoms in total. The average molecular weight is 224 g/mol. The van der Waals surface area contributed by atoms with E-state index < -0.39 is 0 Å². The molecule has 0 aromatic rings. The quantitative estimate of drug-likeness (QED) is 0.772. The molecular formula is C14H28N2. The van der Waals surface area contributed by atoms with Gasteiger partial charge in [0.1, 0.15) is 0 Å². The molecule has 0 saturated carbocycles. The molecular weight excluding hydrogens is 196 g/mol. The van der Waals surface area contributed by atoms with E-state index in [4.69, 9.17) is 0 Å². The summed E-state index contributed by atoms with van der Waals surface area (Å²) in [5, 5.41) is 3.57. The molecule has 4 unspecified atom stereocenters. The topological polar surface area (TPSA) is 15.3 Å². The Labute approximate surface area is 101 Å². The molecule has 1 N–H and O–H groups in total. The standard InChI is InChI=1S/C14H28N2/c1-4-7-12(5-2)16-10-11-8-15-9-13(11)14(16)6-3/h11-15H,4-10H2,1-3H3. The van der Waals surface area contributed by atoms with Crippen molar-refractivity contribution in [3.63, 3.8) is 0 Å². The van der Waals surface area contributed by atoms with Crippen LogP contribution < -0.4 is 5.32 Å². The van der Waals surface area contributed by atoms with Crippen LogP contribution in [0, 0.1) is 11.8 Å². The fourth-order valence-corrected chi connectivity index (χ4v) is 3.95. The maximum Gasteiger partial charge on any atom is 0.0140 e. The van der Waals surface area contributed by atoms with Crippen molar-refractivity contribution in [1.82, 2.24) is 10.2 Å². The minimum atomic E-state index is 0.848. The van der Waals surface area contributed by atoms with E-state index in [1.807, 2.05) is 0 Å². The highest BCUT2D eigenvalue weighted by molar-refractivity contribution is 4.99. The van der Waals surface area contributed by atoms with Gasteiger partial charge in [-0.1, -0.05) is 27.2 Å². The Morgan fingerprint density at radius 1 is 1.25 bits per heavy atom. The van der Waals surface area contributed by atoms with E-state index in [0.29, 0.717) is 0 Å². The van der Waals surface area contributed by atoms with E-state index >= 15 is 0 Å². The van der Waals surface area contributed by atoms with E-state index in [9.17, 15) is 0 Å². The van der Waals surface area contributed by atoms with E-state index in [1.54, 1.807) is 0 Å². The van der Waals surface area contributed by atoms with Crippen LogP contribution >= 0.6 is 0 Å². The molecule has 0 spiro atoms. The predicted octanol–water partition coefficient (Wildman–Crippen LogP) is 2.49. The van der Waals surface area contributed by atoms with Crippen LogP contribution in [0.3, 0.4) is 0 Å². The summed E-state index contributed by atoms with van der Waals surface area (Å²) in [5.74, 6) is 1.88. The first-order chi connectivity index (χ1) is 7.81. The maximum atomic E-state index is 3.57.